The molecule has 1 aliphatic carbocycles. The van der Waals surface area contributed by atoms with E-state index in [1.165, 1.54) is 26.4 Å². The zero-order chi connectivity index (χ0) is 25.2. The van der Waals surface area contributed by atoms with Crippen LogP contribution in [0.3, 0.4) is 0 Å². The first-order valence-corrected chi connectivity index (χ1v) is 15.2. The third kappa shape index (κ3) is 9.24. The Morgan fingerprint density at radius 3 is 2.77 bits per heavy atom. The van der Waals surface area contributed by atoms with Crippen LogP contribution in [-0.4, -0.2) is 59.4 Å². The molecule has 0 aromatic rings. The first-order valence-electron chi connectivity index (χ1n) is 13.9. The summed E-state index contributed by atoms with van der Waals surface area (Å²) >= 11 is 2.49. The Hall–Kier alpha value is -0.220. The fraction of sp³-hybridized carbons (Fsp3) is 0.893. The summed E-state index contributed by atoms with van der Waals surface area (Å²) in [5.74, 6) is 1.01. The van der Waals surface area contributed by atoms with Gasteiger partial charge in [-0.2, -0.15) is 0 Å². The minimum absolute atomic E-state index is 0.0713. The molecule has 2 aliphatic heterocycles. The second-order valence-corrected chi connectivity index (χ2v) is 12.4. The first-order chi connectivity index (χ1) is 16.9. The van der Waals surface area contributed by atoms with Crippen molar-refractivity contribution in [2.24, 2.45) is 17.8 Å². The third-order valence-electron chi connectivity index (χ3n) is 7.93. The number of hydrogen-bond acceptors (Lipinski definition) is 6. The normalized spacial score (nSPS) is 33.5. The highest BCUT2D eigenvalue weighted by molar-refractivity contribution is 14.1. The van der Waals surface area contributed by atoms with Crippen molar-refractivity contribution in [2.75, 3.05) is 13.7 Å². The van der Waals surface area contributed by atoms with E-state index in [-0.39, 0.29) is 36.5 Å². The SMILES string of the molecule is CCCCC(C)CC(O)C=CC1C(OC2CCCCO2)CC2OC(C(I)CCCC(=O)OC)CC21. The first kappa shape index (κ1) is 29.3. The molecule has 0 amide bonds. The van der Waals surface area contributed by atoms with Crippen molar-refractivity contribution in [3.8, 4) is 0 Å². The highest BCUT2D eigenvalue weighted by atomic mass is 127. The predicted molar refractivity (Wildman–Crippen MR) is 145 cm³/mol. The number of halogens is 1. The molecular weight excluding hydrogens is 559 g/mol. The summed E-state index contributed by atoms with van der Waals surface area (Å²) < 4.78 is 24.1. The monoisotopic (exact) mass is 606 g/mol. The lowest BCUT2D eigenvalue weighted by molar-refractivity contribution is -0.194. The van der Waals surface area contributed by atoms with E-state index in [1.54, 1.807) is 0 Å². The van der Waals surface area contributed by atoms with Gasteiger partial charge >= 0.3 is 5.97 Å². The minimum Gasteiger partial charge on any atom is -0.469 e. The van der Waals surface area contributed by atoms with Crippen LogP contribution in [0.4, 0.5) is 0 Å². The molecule has 2 heterocycles. The predicted octanol–water partition coefficient (Wildman–Crippen LogP) is 5.97. The van der Waals surface area contributed by atoms with Crippen LogP contribution < -0.4 is 0 Å². The standard InChI is InChI=1S/C28H47IO6/c1-4-5-9-19(2)16-20(30)13-14-21-22-17-26(23(29)10-8-11-27(31)32-3)34-25(22)18-24(21)35-28-12-6-7-15-33-28/h13-14,19-26,28,30H,4-12,15-18H2,1-3H3. The molecule has 3 aliphatic rings. The van der Waals surface area contributed by atoms with Crippen LogP contribution in [-0.2, 0) is 23.7 Å². The van der Waals surface area contributed by atoms with Gasteiger partial charge in [0.15, 0.2) is 6.29 Å². The highest BCUT2D eigenvalue weighted by Gasteiger charge is 2.50. The molecule has 6 nitrogen and oxygen atoms in total. The molecule has 9 unspecified atom stereocenters. The Morgan fingerprint density at radius 2 is 2.06 bits per heavy atom. The van der Waals surface area contributed by atoms with E-state index in [9.17, 15) is 9.90 Å². The van der Waals surface area contributed by atoms with Gasteiger partial charge in [-0.3, -0.25) is 4.79 Å². The lowest BCUT2D eigenvalue weighted by atomic mass is 9.88. The Kier molecular flexibility index (Phi) is 12.8. The van der Waals surface area contributed by atoms with Gasteiger partial charge < -0.3 is 24.1 Å². The quantitative estimate of drug-likeness (QED) is 0.114. The number of rotatable bonds is 14. The number of fused-ring (bicyclic) bond motifs is 1. The molecule has 0 radical (unpaired) electrons. The zero-order valence-electron chi connectivity index (χ0n) is 21.9. The molecule has 1 N–H and O–H groups in total. The summed E-state index contributed by atoms with van der Waals surface area (Å²) in [4.78, 5) is 11.5. The van der Waals surface area contributed by atoms with Crippen LogP contribution in [0.5, 0.6) is 0 Å². The Balaban J connectivity index is 1.58. The van der Waals surface area contributed by atoms with Gasteiger partial charge in [-0.05, 0) is 56.8 Å². The average Bonchev–Trinajstić information content (AvgIpc) is 3.39. The number of carbonyl (C=O) groups is 1. The van der Waals surface area contributed by atoms with Crippen molar-refractivity contribution in [3.63, 3.8) is 0 Å². The molecule has 3 rings (SSSR count). The Bertz CT molecular complexity index is 651. The molecule has 0 aromatic heterocycles. The van der Waals surface area contributed by atoms with Crippen molar-refractivity contribution >= 4 is 28.6 Å². The Labute approximate surface area is 226 Å². The largest absolute Gasteiger partial charge is 0.469 e. The van der Waals surface area contributed by atoms with Gasteiger partial charge in [-0.25, -0.2) is 0 Å². The van der Waals surface area contributed by atoms with E-state index < -0.39 is 6.10 Å². The molecule has 0 bridgehead atoms. The van der Waals surface area contributed by atoms with Crippen molar-refractivity contribution in [1.29, 1.82) is 0 Å². The molecular formula is C28H47IO6. The van der Waals surface area contributed by atoms with Crippen molar-refractivity contribution < 1.29 is 28.8 Å². The van der Waals surface area contributed by atoms with Gasteiger partial charge in [-0.15, -0.1) is 0 Å². The van der Waals surface area contributed by atoms with Crippen LogP contribution in [0.2, 0.25) is 0 Å². The third-order valence-corrected chi connectivity index (χ3v) is 9.35. The topological polar surface area (TPSA) is 74.2 Å². The molecule has 3 fully saturated rings. The number of esters is 1. The molecule has 7 heteroatoms. The maximum Gasteiger partial charge on any atom is 0.305 e. The van der Waals surface area contributed by atoms with E-state index in [0.717, 1.165) is 58.0 Å². The fourth-order valence-corrected chi connectivity index (χ4v) is 6.81. The molecule has 9 atom stereocenters. The molecule has 0 spiro atoms. The summed E-state index contributed by atoms with van der Waals surface area (Å²) in [6, 6.07) is 0. The number of hydrogen-bond donors (Lipinski definition) is 1. The number of ether oxygens (including phenoxy) is 4. The van der Waals surface area contributed by atoms with E-state index in [4.69, 9.17) is 18.9 Å². The Morgan fingerprint density at radius 1 is 1.23 bits per heavy atom. The summed E-state index contributed by atoms with van der Waals surface area (Å²) in [6.07, 6.45) is 15.9. The summed E-state index contributed by atoms with van der Waals surface area (Å²) in [5, 5.41) is 10.7. The van der Waals surface area contributed by atoms with Gasteiger partial charge in [0.2, 0.25) is 0 Å². The van der Waals surface area contributed by atoms with E-state index in [2.05, 4.69) is 42.5 Å². The van der Waals surface area contributed by atoms with Crippen molar-refractivity contribution in [3.05, 3.63) is 12.2 Å². The van der Waals surface area contributed by atoms with Gasteiger partial charge in [-0.1, -0.05) is 67.9 Å². The number of unbranched alkanes of at least 4 members (excludes halogenated alkanes) is 1. The number of alkyl halides is 1. The lowest BCUT2D eigenvalue weighted by Crippen LogP contribution is -2.32. The van der Waals surface area contributed by atoms with Gasteiger partial charge in [0.25, 0.3) is 0 Å². The fourth-order valence-electron chi connectivity index (χ4n) is 5.90. The minimum atomic E-state index is -0.416. The second kappa shape index (κ2) is 15.3. The number of methoxy groups -OCH3 is 1. The molecule has 0 aromatic carbocycles. The molecule has 1 saturated carbocycles. The van der Waals surface area contributed by atoms with Crippen LogP contribution in [0, 0.1) is 17.8 Å². The molecule has 2 saturated heterocycles. The second-order valence-electron chi connectivity index (χ2n) is 10.8. The summed E-state index contributed by atoms with van der Waals surface area (Å²) in [6.45, 7) is 5.23. The highest BCUT2D eigenvalue weighted by Crippen LogP contribution is 2.47. The summed E-state index contributed by atoms with van der Waals surface area (Å²) in [5.41, 5.74) is 0. The van der Waals surface area contributed by atoms with Gasteiger partial charge in [0.1, 0.15) is 0 Å². The van der Waals surface area contributed by atoms with Crippen LogP contribution in [0.1, 0.15) is 90.9 Å². The van der Waals surface area contributed by atoms with Crippen LogP contribution in [0.15, 0.2) is 12.2 Å². The van der Waals surface area contributed by atoms with Gasteiger partial charge in [0, 0.05) is 29.3 Å². The van der Waals surface area contributed by atoms with Crippen molar-refractivity contribution in [2.45, 2.75) is 126 Å². The van der Waals surface area contributed by atoms with E-state index in [0.29, 0.717) is 22.2 Å². The zero-order valence-corrected chi connectivity index (χ0v) is 24.1. The van der Waals surface area contributed by atoms with Crippen LogP contribution >= 0.6 is 22.6 Å². The average molecular weight is 607 g/mol. The number of carbonyl (C=O) groups excluding carboxylic acids is 1. The molecule has 35 heavy (non-hydrogen) atoms. The molecule has 202 valence electrons. The number of aliphatic hydroxyl groups excluding tert-OH is 1. The maximum absolute atomic E-state index is 11.5. The van der Waals surface area contributed by atoms with Gasteiger partial charge in [0.05, 0.1) is 31.5 Å². The maximum atomic E-state index is 11.5. The van der Waals surface area contributed by atoms with E-state index >= 15 is 0 Å². The lowest BCUT2D eigenvalue weighted by Gasteiger charge is -2.30. The van der Waals surface area contributed by atoms with Crippen LogP contribution in [0.25, 0.3) is 0 Å². The van der Waals surface area contributed by atoms with Crippen molar-refractivity contribution in [1.82, 2.24) is 0 Å². The van der Waals surface area contributed by atoms with E-state index in [1.807, 2.05) is 6.08 Å². The summed E-state index contributed by atoms with van der Waals surface area (Å²) in [7, 11) is 1.44. The number of aliphatic hydroxyl groups is 1. The smallest absolute Gasteiger partial charge is 0.305 e.